The van der Waals surface area contributed by atoms with Crippen molar-refractivity contribution in [3.8, 4) is 11.5 Å². The zero-order valence-corrected chi connectivity index (χ0v) is 23.4. The maximum absolute atomic E-state index is 13.1. The molecule has 0 spiro atoms. The predicted molar refractivity (Wildman–Crippen MR) is 147 cm³/mol. The standard InChI is InChI=1S/C25H25Cl2N3O6S2/c1-37(32,33)30-14-12-18(13-15-30)28-25(31)21-16-17(26)6-11-23(21)29-38(34,35)20-9-7-19(8-10-20)36-24-5-3-2-4-22(24)27/h2-11,16,18,29H,12-15H2,1H3,(H,28,31). The summed E-state index contributed by atoms with van der Waals surface area (Å²) >= 11 is 12.2. The number of carbonyl (C=O) groups is 1. The minimum absolute atomic E-state index is 0.0431. The van der Waals surface area contributed by atoms with Crippen molar-refractivity contribution in [3.63, 3.8) is 0 Å². The number of halogens is 2. The molecular weight excluding hydrogens is 573 g/mol. The summed E-state index contributed by atoms with van der Waals surface area (Å²) in [4.78, 5) is 13.0. The van der Waals surface area contributed by atoms with Crippen molar-refractivity contribution in [2.45, 2.75) is 23.8 Å². The van der Waals surface area contributed by atoms with Crippen molar-refractivity contribution < 1.29 is 26.4 Å². The van der Waals surface area contributed by atoms with E-state index in [-0.39, 0.29) is 40.3 Å². The minimum Gasteiger partial charge on any atom is -0.456 e. The van der Waals surface area contributed by atoms with Gasteiger partial charge < -0.3 is 10.1 Å². The lowest BCUT2D eigenvalue weighted by atomic mass is 10.1. The van der Waals surface area contributed by atoms with Crippen molar-refractivity contribution in [3.05, 3.63) is 82.3 Å². The van der Waals surface area contributed by atoms with E-state index in [1.165, 1.54) is 46.8 Å². The minimum atomic E-state index is -4.06. The lowest BCUT2D eigenvalue weighted by Crippen LogP contribution is -2.46. The monoisotopic (exact) mass is 597 g/mol. The maximum Gasteiger partial charge on any atom is 0.261 e. The summed E-state index contributed by atoms with van der Waals surface area (Å²) in [5.41, 5.74) is 0.0992. The van der Waals surface area contributed by atoms with Crippen LogP contribution >= 0.6 is 23.2 Å². The van der Waals surface area contributed by atoms with Crippen LogP contribution in [0.2, 0.25) is 10.0 Å². The SMILES string of the molecule is CS(=O)(=O)N1CCC(NC(=O)c2cc(Cl)ccc2NS(=O)(=O)c2ccc(Oc3ccccc3Cl)cc2)CC1. The molecule has 0 bridgehead atoms. The molecule has 2 N–H and O–H groups in total. The average Bonchev–Trinajstić information content (AvgIpc) is 2.86. The normalized spacial score (nSPS) is 15.1. The number of rotatable bonds is 8. The lowest BCUT2D eigenvalue weighted by Gasteiger charge is -2.30. The Morgan fingerprint density at radius 2 is 1.61 bits per heavy atom. The van der Waals surface area contributed by atoms with Crippen molar-refractivity contribution >= 4 is 54.8 Å². The van der Waals surface area contributed by atoms with Gasteiger partial charge in [0.2, 0.25) is 10.0 Å². The van der Waals surface area contributed by atoms with Gasteiger partial charge in [0.1, 0.15) is 11.5 Å². The van der Waals surface area contributed by atoms with Crippen molar-refractivity contribution in [1.29, 1.82) is 0 Å². The fourth-order valence-electron chi connectivity index (χ4n) is 3.93. The third-order valence-electron chi connectivity index (χ3n) is 5.93. The molecule has 0 unspecified atom stereocenters. The zero-order valence-electron chi connectivity index (χ0n) is 20.2. The van der Waals surface area contributed by atoms with Crippen LogP contribution in [-0.4, -0.2) is 52.4 Å². The Bertz CT molecular complexity index is 1540. The molecule has 0 saturated carbocycles. The van der Waals surface area contributed by atoms with E-state index in [2.05, 4.69) is 10.0 Å². The number of nitrogens with zero attached hydrogens (tertiary/aromatic N) is 1. The number of ether oxygens (including phenoxy) is 1. The molecule has 202 valence electrons. The third-order valence-corrected chi connectivity index (χ3v) is 9.16. The smallest absolute Gasteiger partial charge is 0.261 e. The van der Waals surface area contributed by atoms with Gasteiger partial charge in [-0.15, -0.1) is 0 Å². The Labute approximate surface area is 231 Å². The molecule has 1 amide bonds. The molecule has 38 heavy (non-hydrogen) atoms. The summed E-state index contributed by atoms with van der Waals surface area (Å²) in [5, 5.41) is 3.53. The van der Waals surface area contributed by atoms with Crippen LogP contribution in [0.1, 0.15) is 23.2 Å². The number of nitrogens with one attached hydrogen (secondary N) is 2. The van der Waals surface area contributed by atoms with E-state index in [0.717, 1.165) is 6.26 Å². The van der Waals surface area contributed by atoms with Crippen LogP contribution in [0.15, 0.2) is 71.6 Å². The summed E-state index contributed by atoms with van der Waals surface area (Å²) in [6.07, 6.45) is 2.02. The van der Waals surface area contributed by atoms with Gasteiger partial charge in [-0.25, -0.2) is 21.1 Å². The Morgan fingerprint density at radius 1 is 0.947 bits per heavy atom. The molecule has 9 nitrogen and oxygen atoms in total. The number of hydrogen-bond acceptors (Lipinski definition) is 6. The summed E-state index contributed by atoms with van der Waals surface area (Å²) < 4.78 is 59.2. The second-order valence-corrected chi connectivity index (χ2v) is 13.2. The van der Waals surface area contributed by atoms with Gasteiger partial charge in [-0.3, -0.25) is 9.52 Å². The Morgan fingerprint density at radius 3 is 2.24 bits per heavy atom. The number of hydrogen-bond donors (Lipinski definition) is 2. The molecule has 1 saturated heterocycles. The predicted octanol–water partition coefficient (Wildman–Crippen LogP) is 4.74. The summed E-state index contributed by atoms with van der Waals surface area (Å²) in [6, 6.07) is 16.6. The summed E-state index contributed by atoms with van der Waals surface area (Å²) in [6.45, 7) is 0.573. The van der Waals surface area contributed by atoms with Gasteiger partial charge >= 0.3 is 0 Å². The van der Waals surface area contributed by atoms with Crippen LogP contribution in [0.3, 0.4) is 0 Å². The van der Waals surface area contributed by atoms with Crippen LogP contribution in [0.4, 0.5) is 5.69 Å². The second-order valence-electron chi connectivity index (χ2n) is 8.71. The molecule has 0 aromatic heterocycles. The number of benzene rings is 3. The van der Waals surface area contributed by atoms with Crippen molar-refractivity contribution in [1.82, 2.24) is 9.62 Å². The van der Waals surface area contributed by atoms with Gasteiger partial charge in [-0.1, -0.05) is 35.3 Å². The molecule has 1 fully saturated rings. The van der Waals surface area contributed by atoms with Crippen LogP contribution < -0.4 is 14.8 Å². The molecule has 4 rings (SSSR count). The highest BCUT2D eigenvalue weighted by molar-refractivity contribution is 7.92. The number of para-hydroxylation sites is 1. The second kappa shape index (κ2) is 11.5. The molecule has 3 aromatic carbocycles. The van der Waals surface area contributed by atoms with E-state index in [9.17, 15) is 21.6 Å². The van der Waals surface area contributed by atoms with Gasteiger partial charge in [-0.2, -0.15) is 0 Å². The highest BCUT2D eigenvalue weighted by atomic mass is 35.5. The first kappa shape index (κ1) is 28.2. The largest absolute Gasteiger partial charge is 0.456 e. The van der Waals surface area contributed by atoms with E-state index < -0.39 is 26.0 Å². The molecule has 0 radical (unpaired) electrons. The number of carbonyl (C=O) groups excluding carboxylic acids is 1. The Kier molecular flexibility index (Phi) is 8.53. The molecule has 1 heterocycles. The first-order chi connectivity index (χ1) is 17.9. The highest BCUT2D eigenvalue weighted by Crippen LogP contribution is 2.30. The fourth-order valence-corrected chi connectivity index (χ4v) is 6.23. The van der Waals surface area contributed by atoms with Gasteiger partial charge in [0, 0.05) is 24.2 Å². The summed E-state index contributed by atoms with van der Waals surface area (Å²) in [7, 11) is -7.36. The number of piperidine rings is 1. The van der Waals surface area contributed by atoms with Crippen LogP contribution in [0.25, 0.3) is 0 Å². The lowest BCUT2D eigenvalue weighted by molar-refractivity contribution is 0.0925. The van der Waals surface area contributed by atoms with Crippen molar-refractivity contribution in [2.75, 3.05) is 24.1 Å². The number of anilines is 1. The molecule has 0 aliphatic carbocycles. The molecule has 13 heteroatoms. The van der Waals surface area contributed by atoms with E-state index in [1.54, 1.807) is 24.3 Å². The molecule has 1 aliphatic rings. The fraction of sp³-hybridized carbons (Fsp3) is 0.240. The zero-order chi connectivity index (χ0) is 27.5. The Hall–Kier alpha value is -2.83. The highest BCUT2D eigenvalue weighted by Gasteiger charge is 2.27. The van der Waals surface area contributed by atoms with Crippen molar-refractivity contribution in [2.24, 2.45) is 0 Å². The maximum atomic E-state index is 13.1. The number of amides is 1. The molecular formula is C25H25Cl2N3O6S2. The molecule has 0 atom stereocenters. The molecule has 3 aromatic rings. The van der Waals surface area contributed by atoms with Crippen LogP contribution in [0, 0.1) is 0 Å². The summed E-state index contributed by atoms with van der Waals surface area (Å²) in [5.74, 6) is 0.304. The van der Waals surface area contributed by atoms with E-state index >= 15 is 0 Å². The first-order valence-corrected chi connectivity index (χ1v) is 15.6. The van der Waals surface area contributed by atoms with Gasteiger partial charge in [0.25, 0.3) is 15.9 Å². The Balaban J connectivity index is 1.47. The van der Waals surface area contributed by atoms with Crippen LogP contribution in [-0.2, 0) is 20.0 Å². The molecule has 1 aliphatic heterocycles. The van der Waals surface area contributed by atoms with Crippen LogP contribution in [0.5, 0.6) is 11.5 Å². The van der Waals surface area contributed by atoms with E-state index in [4.69, 9.17) is 27.9 Å². The third kappa shape index (κ3) is 6.97. The van der Waals surface area contributed by atoms with Gasteiger partial charge in [0.05, 0.1) is 27.4 Å². The van der Waals surface area contributed by atoms with E-state index in [0.29, 0.717) is 29.4 Å². The topological polar surface area (TPSA) is 122 Å². The average molecular weight is 599 g/mol. The first-order valence-electron chi connectivity index (χ1n) is 11.5. The number of sulfonamides is 2. The van der Waals surface area contributed by atoms with E-state index in [1.807, 2.05) is 0 Å². The quantitative estimate of drug-likeness (QED) is 0.387. The van der Waals surface area contributed by atoms with Gasteiger partial charge in [0.15, 0.2) is 0 Å². The van der Waals surface area contributed by atoms with Gasteiger partial charge in [-0.05, 0) is 67.4 Å².